The van der Waals surface area contributed by atoms with Crippen LogP contribution in [0.2, 0.25) is 0 Å². The number of fused-ring (bicyclic) bond motifs is 1. The standard InChI is InChI=1S/C13H18F2N6O/c1-19-9-18-10-11(19)16-8-17-12(10)21-4-2-20(3-5-21)6-13(14,15)7-22/h8-9,22H,2-7H2,1H3. The van der Waals surface area contributed by atoms with E-state index in [1.54, 1.807) is 11.2 Å². The fourth-order valence-electron chi connectivity index (χ4n) is 2.66. The highest BCUT2D eigenvalue weighted by Crippen LogP contribution is 2.23. The molecule has 0 radical (unpaired) electrons. The van der Waals surface area contributed by atoms with Gasteiger partial charge in [-0.2, -0.15) is 0 Å². The van der Waals surface area contributed by atoms with Crippen LogP contribution in [0.5, 0.6) is 0 Å². The zero-order valence-corrected chi connectivity index (χ0v) is 12.3. The van der Waals surface area contributed by atoms with Crippen molar-refractivity contribution in [3.63, 3.8) is 0 Å². The van der Waals surface area contributed by atoms with Crippen LogP contribution in [0, 0.1) is 0 Å². The summed E-state index contributed by atoms with van der Waals surface area (Å²) >= 11 is 0. The van der Waals surface area contributed by atoms with Crippen LogP contribution in [0.15, 0.2) is 12.7 Å². The second kappa shape index (κ2) is 5.73. The van der Waals surface area contributed by atoms with Gasteiger partial charge in [0.25, 0.3) is 5.92 Å². The van der Waals surface area contributed by atoms with Crippen LogP contribution in [-0.4, -0.2) is 74.8 Å². The van der Waals surface area contributed by atoms with E-state index >= 15 is 0 Å². The van der Waals surface area contributed by atoms with E-state index in [2.05, 4.69) is 15.0 Å². The molecule has 1 N–H and O–H groups in total. The van der Waals surface area contributed by atoms with E-state index in [0.717, 1.165) is 17.0 Å². The van der Waals surface area contributed by atoms with Gasteiger partial charge < -0.3 is 14.6 Å². The monoisotopic (exact) mass is 312 g/mol. The first kappa shape index (κ1) is 15.0. The van der Waals surface area contributed by atoms with Gasteiger partial charge in [0.1, 0.15) is 12.9 Å². The third kappa shape index (κ3) is 2.86. The predicted octanol–water partition coefficient (Wildman–Crippen LogP) is 0.113. The molecule has 22 heavy (non-hydrogen) atoms. The Morgan fingerprint density at radius 2 is 1.91 bits per heavy atom. The highest BCUT2D eigenvalue weighted by Gasteiger charge is 2.32. The van der Waals surface area contributed by atoms with Gasteiger partial charge in [0, 0.05) is 33.2 Å². The molecule has 7 nitrogen and oxygen atoms in total. The lowest BCUT2D eigenvalue weighted by atomic mass is 10.2. The minimum atomic E-state index is -3.05. The summed E-state index contributed by atoms with van der Waals surface area (Å²) in [5.74, 6) is -2.31. The number of aliphatic hydroxyl groups is 1. The molecule has 3 heterocycles. The number of nitrogens with zero attached hydrogens (tertiary/aromatic N) is 6. The summed E-state index contributed by atoms with van der Waals surface area (Å²) in [7, 11) is 1.86. The average Bonchev–Trinajstić information content (AvgIpc) is 2.90. The number of aryl methyl sites for hydroxylation is 1. The summed E-state index contributed by atoms with van der Waals surface area (Å²) in [5, 5.41) is 8.66. The molecule has 0 aromatic carbocycles. The minimum Gasteiger partial charge on any atom is -0.390 e. The van der Waals surface area contributed by atoms with E-state index in [-0.39, 0.29) is 0 Å². The number of aliphatic hydroxyl groups excluding tert-OH is 1. The largest absolute Gasteiger partial charge is 0.390 e. The first-order valence-electron chi connectivity index (χ1n) is 7.08. The van der Waals surface area contributed by atoms with Crippen molar-refractivity contribution in [3.8, 4) is 0 Å². The second-order valence-corrected chi connectivity index (χ2v) is 5.50. The van der Waals surface area contributed by atoms with E-state index in [1.807, 2.05) is 16.5 Å². The zero-order chi connectivity index (χ0) is 15.7. The molecule has 1 aliphatic heterocycles. The number of piperazine rings is 1. The van der Waals surface area contributed by atoms with Crippen LogP contribution < -0.4 is 4.90 Å². The lowest BCUT2D eigenvalue weighted by Crippen LogP contribution is -2.50. The molecule has 1 saturated heterocycles. The number of aromatic nitrogens is 4. The SMILES string of the molecule is Cn1cnc2c(N3CCN(CC(F)(F)CO)CC3)ncnc21. The molecule has 0 saturated carbocycles. The summed E-state index contributed by atoms with van der Waals surface area (Å²) in [4.78, 5) is 16.5. The summed E-state index contributed by atoms with van der Waals surface area (Å²) in [5.41, 5.74) is 1.47. The van der Waals surface area contributed by atoms with E-state index in [0.29, 0.717) is 26.2 Å². The van der Waals surface area contributed by atoms with Gasteiger partial charge in [-0.1, -0.05) is 0 Å². The number of rotatable bonds is 4. The fourth-order valence-corrected chi connectivity index (χ4v) is 2.66. The lowest BCUT2D eigenvalue weighted by molar-refractivity contribution is -0.0733. The van der Waals surface area contributed by atoms with Gasteiger partial charge in [-0.05, 0) is 0 Å². The predicted molar refractivity (Wildman–Crippen MR) is 77.0 cm³/mol. The van der Waals surface area contributed by atoms with Crippen molar-refractivity contribution in [2.75, 3.05) is 44.2 Å². The highest BCUT2D eigenvalue weighted by molar-refractivity contribution is 5.83. The maximum atomic E-state index is 13.2. The van der Waals surface area contributed by atoms with E-state index < -0.39 is 19.1 Å². The van der Waals surface area contributed by atoms with Crippen LogP contribution in [0.3, 0.4) is 0 Å². The number of halogens is 2. The summed E-state index contributed by atoms with van der Waals surface area (Å²) in [6, 6.07) is 0. The molecule has 0 bridgehead atoms. The topological polar surface area (TPSA) is 70.3 Å². The first-order valence-corrected chi connectivity index (χ1v) is 7.08. The quantitative estimate of drug-likeness (QED) is 0.864. The van der Waals surface area contributed by atoms with E-state index in [1.165, 1.54) is 6.33 Å². The molecule has 1 fully saturated rings. The summed E-state index contributed by atoms with van der Waals surface area (Å²) in [6.07, 6.45) is 3.17. The number of hydrogen-bond acceptors (Lipinski definition) is 6. The molecule has 1 aliphatic rings. The van der Waals surface area contributed by atoms with Gasteiger partial charge in [0.2, 0.25) is 0 Å². The van der Waals surface area contributed by atoms with Crippen LogP contribution in [0.25, 0.3) is 11.2 Å². The van der Waals surface area contributed by atoms with Crippen molar-refractivity contribution in [1.82, 2.24) is 24.4 Å². The van der Waals surface area contributed by atoms with Gasteiger partial charge in [0.05, 0.1) is 12.9 Å². The Labute approximate surface area is 126 Å². The number of imidazole rings is 1. The van der Waals surface area contributed by atoms with Crippen molar-refractivity contribution in [2.24, 2.45) is 7.05 Å². The fraction of sp³-hybridized carbons (Fsp3) is 0.615. The van der Waals surface area contributed by atoms with Gasteiger partial charge in [0.15, 0.2) is 17.0 Å². The van der Waals surface area contributed by atoms with Crippen molar-refractivity contribution in [1.29, 1.82) is 0 Å². The average molecular weight is 312 g/mol. The Hall–Kier alpha value is -1.87. The molecule has 0 spiro atoms. The molecule has 0 atom stereocenters. The van der Waals surface area contributed by atoms with Crippen molar-refractivity contribution < 1.29 is 13.9 Å². The molecular formula is C13H18F2N6O. The summed E-state index contributed by atoms with van der Waals surface area (Å²) in [6.45, 7) is 0.629. The van der Waals surface area contributed by atoms with Gasteiger partial charge in [-0.15, -0.1) is 0 Å². The van der Waals surface area contributed by atoms with Gasteiger partial charge in [-0.25, -0.2) is 23.7 Å². The van der Waals surface area contributed by atoms with Crippen molar-refractivity contribution >= 4 is 17.0 Å². The minimum absolute atomic E-state index is 0.417. The third-order valence-electron chi connectivity index (χ3n) is 3.84. The molecule has 3 rings (SSSR count). The van der Waals surface area contributed by atoms with Crippen LogP contribution in [0.1, 0.15) is 0 Å². The third-order valence-corrected chi connectivity index (χ3v) is 3.84. The maximum absolute atomic E-state index is 13.2. The Morgan fingerprint density at radius 1 is 1.18 bits per heavy atom. The Balaban J connectivity index is 1.71. The summed E-state index contributed by atoms with van der Waals surface area (Å²) < 4.78 is 28.3. The molecule has 0 amide bonds. The first-order chi connectivity index (χ1) is 10.5. The molecule has 0 aliphatic carbocycles. The molecule has 120 valence electrons. The van der Waals surface area contributed by atoms with Crippen molar-refractivity contribution in [2.45, 2.75) is 5.92 Å². The van der Waals surface area contributed by atoms with Crippen LogP contribution in [-0.2, 0) is 7.05 Å². The zero-order valence-electron chi connectivity index (χ0n) is 12.3. The van der Waals surface area contributed by atoms with Gasteiger partial charge >= 0.3 is 0 Å². The number of anilines is 1. The Bertz CT molecular complexity index is 653. The molecule has 2 aromatic heterocycles. The van der Waals surface area contributed by atoms with Crippen LogP contribution in [0.4, 0.5) is 14.6 Å². The maximum Gasteiger partial charge on any atom is 0.283 e. The lowest BCUT2D eigenvalue weighted by Gasteiger charge is -2.36. The second-order valence-electron chi connectivity index (χ2n) is 5.50. The number of hydrogen-bond donors (Lipinski definition) is 1. The Morgan fingerprint density at radius 3 is 2.59 bits per heavy atom. The number of alkyl halides is 2. The van der Waals surface area contributed by atoms with Gasteiger partial charge in [-0.3, -0.25) is 4.90 Å². The molecule has 0 unspecified atom stereocenters. The van der Waals surface area contributed by atoms with E-state index in [4.69, 9.17) is 5.11 Å². The van der Waals surface area contributed by atoms with Crippen LogP contribution >= 0.6 is 0 Å². The highest BCUT2D eigenvalue weighted by atomic mass is 19.3. The molecular weight excluding hydrogens is 294 g/mol. The smallest absolute Gasteiger partial charge is 0.283 e. The van der Waals surface area contributed by atoms with Crippen molar-refractivity contribution in [3.05, 3.63) is 12.7 Å². The van der Waals surface area contributed by atoms with E-state index in [9.17, 15) is 8.78 Å². The molecule has 2 aromatic rings. The molecule has 9 heteroatoms. The normalized spacial score (nSPS) is 17.4. The Kier molecular flexibility index (Phi) is 3.92.